The summed E-state index contributed by atoms with van der Waals surface area (Å²) in [7, 11) is 4.34. The van der Waals surface area contributed by atoms with Gasteiger partial charge in [-0.3, -0.25) is 14.4 Å². The standard InChI is InChI=1S/C24H29NO6/c1-16-6-7-17(2)21(10-16)22(26)8-9-23(27)25(15-24(28)31-5)14-18-11-19(29-3)13-20(12-18)30-4/h6-7,10-13H,8-9,14-15H2,1-5H3. The van der Waals surface area contributed by atoms with Gasteiger partial charge in [-0.25, -0.2) is 0 Å². The Morgan fingerprint density at radius 3 is 2.10 bits per heavy atom. The van der Waals surface area contributed by atoms with Crippen LogP contribution in [-0.4, -0.2) is 50.4 Å². The summed E-state index contributed by atoms with van der Waals surface area (Å²) in [6, 6.07) is 10.9. The van der Waals surface area contributed by atoms with Crippen LogP contribution in [0, 0.1) is 13.8 Å². The third kappa shape index (κ3) is 6.84. The Balaban J connectivity index is 2.15. The molecule has 0 aliphatic heterocycles. The van der Waals surface area contributed by atoms with Crippen LogP contribution in [0.25, 0.3) is 0 Å². The van der Waals surface area contributed by atoms with Gasteiger partial charge in [-0.05, 0) is 43.2 Å². The highest BCUT2D eigenvalue weighted by atomic mass is 16.5. The first-order valence-corrected chi connectivity index (χ1v) is 9.94. The minimum absolute atomic E-state index is 0.00961. The minimum Gasteiger partial charge on any atom is -0.497 e. The van der Waals surface area contributed by atoms with E-state index in [0.717, 1.165) is 16.7 Å². The van der Waals surface area contributed by atoms with Crippen LogP contribution in [0.1, 0.15) is 39.9 Å². The summed E-state index contributed by atoms with van der Waals surface area (Å²) in [6.45, 7) is 3.72. The Kier molecular flexibility index (Phi) is 8.61. The summed E-state index contributed by atoms with van der Waals surface area (Å²) in [4.78, 5) is 38.8. The minimum atomic E-state index is -0.538. The van der Waals surface area contributed by atoms with Gasteiger partial charge in [0.25, 0.3) is 0 Å². The number of benzene rings is 2. The van der Waals surface area contributed by atoms with Crippen molar-refractivity contribution in [2.45, 2.75) is 33.2 Å². The molecule has 2 aromatic rings. The molecule has 166 valence electrons. The second-order valence-corrected chi connectivity index (χ2v) is 7.29. The molecule has 7 nitrogen and oxygen atoms in total. The molecule has 1 amide bonds. The zero-order chi connectivity index (χ0) is 23.0. The molecule has 0 aliphatic rings. The summed E-state index contributed by atoms with van der Waals surface area (Å²) in [5, 5.41) is 0. The van der Waals surface area contributed by atoms with Gasteiger partial charge in [-0.1, -0.05) is 17.7 Å². The Labute approximate surface area is 182 Å². The van der Waals surface area contributed by atoms with Gasteiger partial charge < -0.3 is 19.1 Å². The van der Waals surface area contributed by atoms with E-state index in [1.807, 2.05) is 32.0 Å². The van der Waals surface area contributed by atoms with Crippen LogP contribution in [0.3, 0.4) is 0 Å². The van der Waals surface area contributed by atoms with Gasteiger partial charge in [-0.2, -0.15) is 0 Å². The molecular weight excluding hydrogens is 398 g/mol. The van der Waals surface area contributed by atoms with Crippen molar-refractivity contribution in [3.8, 4) is 11.5 Å². The Hall–Kier alpha value is -3.35. The van der Waals surface area contributed by atoms with Crippen molar-refractivity contribution in [2.75, 3.05) is 27.9 Å². The molecule has 0 saturated carbocycles. The smallest absolute Gasteiger partial charge is 0.325 e. The molecule has 0 heterocycles. The number of amides is 1. The number of ether oxygens (including phenoxy) is 3. The molecule has 7 heteroatoms. The van der Waals surface area contributed by atoms with Crippen molar-refractivity contribution in [1.82, 2.24) is 4.90 Å². The second kappa shape index (κ2) is 11.2. The van der Waals surface area contributed by atoms with Crippen molar-refractivity contribution in [2.24, 2.45) is 0 Å². The number of carbonyl (C=O) groups is 3. The Bertz CT molecular complexity index is 931. The van der Waals surface area contributed by atoms with Gasteiger partial charge in [0.1, 0.15) is 18.0 Å². The molecular formula is C24H29NO6. The van der Waals surface area contributed by atoms with Crippen LogP contribution in [0.15, 0.2) is 36.4 Å². The first-order chi connectivity index (χ1) is 14.8. The largest absolute Gasteiger partial charge is 0.497 e. The van der Waals surface area contributed by atoms with Crippen molar-refractivity contribution >= 4 is 17.7 Å². The number of methoxy groups -OCH3 is 3. The van der Waals surface area contributed by atoms with E-state index in [1.165, 1.54) is 26.2 Å². The highest BCUT2D eigenvalue weighted by molar-refractivity contribution is 5.99. The SMILES string of the molecule is COC(=O)CN(Cc1cc(OC)cc(OC)c1)C(=O)CCC(=O)c1cc(C)ccc1C. The number of nitrogens with zero attached hydrogens (tertiary/aromatic N) is 1. The average Bonchev–Trinajstić information content (AvgIpc) is 2.77. The monoisotopic (exact) mass is 427 g/mol. The fraction of sp³-hybridized carbons (Fsp3) is 0.375. The van der Waals surface area contributed by atoms with Crippen LogP contribution < -0.4 is 9.47 Å². The maximum absolute atomic E-state index is 12.9. The third-order valence-electron chi connectivity index (χ3n) is 4.94. The van der Waals surface area contributed by atoms with Gasteiger partial charge in [0.15, 0.2) is 5.78 Å². The number of aryl methyl sites for hydroxylation is 2. The molecule has 0 saturated heterocycles. The van der Waals surface area contributed by atoms with E-state index in [-0.39, 0.29) is 37.6 Å². The molecule has 0 atom stereocenters. The Morgan fingerprint density at radius 2 is 1.52 bits per heavy atom. The van der Waals surface area contributed by atoms with E-state index in [1.54, 1.807) is 18.2 Å². The fourth-order valence-electron chi connectivity index (χ4n) is 3.18. The van der Waals surface area contributed by atoms with E-state index in [2.05, 4.69) is 0 Å². The molecule has 0 fully saturated rings. The highest BCUT2D eigenvalue weighted by Gasteiger charge is 2.20. The van der Waals surface area contributed by atoms with Crippen molar-refractivity contribution < 1.29 is 28.6 Å². The topological polar surface area (TPSA) is 82.1 Å². The summed E-state index contributed by atoms with van der Waals surface area (Å²) in [5.41, 5.74) is 3.21. The van der Waals surface area contributed by atoms with Crippen LogP contribution in [0.5, 0.6) is 11.5 Å². The molecule has 2 aromatic carbocycles. The molecule has 0 aliphatic carbocycles. The van der Waals surface area contributed by atoms with Crippen molar-refractivity contribution in [1.29, 1.82) is 0 Å². The number of hydrogen-bond donors (Lipinski definition) is 0. The summed E-state index contributed by atoms with van der Waals surface area (Å²) < 4.78 is 15.3. The molecule has 2 rings (SSSR count). The molecule has 0 aromatic heterocycles. The van der Waals surface area contributed by atoms with Gasteiger partial charge in [0, 0.05) is 31.0 Å². The third-order valence-corrected chi connectivity index (χ3v) is 4.94. The van der Waals surface area contributed by atoms with Crippen LogP contribution in [0.4, 0.5) is 0 Å². The van der Waals surface area contributed by atoms with E-state index in [4.69, 9.17) is 14.2 Å². The number of carbonyl (C=O) groups excluding carboxylic acids is 3. The predicted octanol–water partition coefficient (Wildman–Crippen LogP) is 3.49. The molecule has 0 spiro atoms. The molecule has 0 unspecified atom stereocenters. The summed E-state index contributed by atoms with van der Waals surface area (Å²) in [5.74, 6) is 0.195. The van der Waals surface area contributed by atoms with Crippen LogP contribution in [-0.2, 0) is 20.9 Å². The maximum atomic E-state index is 12.9. The summed E-state index contributed by atoms with van der Waals surface area (Å²) >= 11 is 0. The van der Waals surface area contributed by atoms with Crippen LogP contribution in [0.2, 0.25) is 0 Å². The van der Waals surface area contributed by atoms with Crippen molar-refractivity contribution in [3.63, 3.8) is 0 Å². The second-order valence-electron chi connectivity index (χ2n) is 7.29. The number of Topliss-reactive ketones (excluding diaryl/α,β-unsaturated/α-hetero) is 1. The normalized spacial score (nSPS) is 10.4. The first-order valence-electron chi connectivity index (χ1n) is 9.94. The molecule has 0 bridgehead atoms. The summed E-state index contributed by atoms with van der Waals surface area (Å²) in [6.07, 6.45) is 0.0482. The quantitative estimate of drug-likeness (QED) is 0.426. The number of ketones is 1. The van der Waals surface area contributed by atoms with Crippen LogP contribution >= 0.6 is 0 Å². The lowest BCUT2D eigenvalue weighted by molar-refractivity contribution is -0.147. The number of rotatable bonds is 10. The zero-order valence-electron chi connectivity index (χ0n) is 18.7. The van der Waals surface area contributed by atoms with Gasteiger partial charge in [0.2, 0.25) is 5.91 Å². The van der Waals surface area contributed by atoms with E-state index >= 15 is 0 Å². The first kappa shape index (κ1) is 23.9. The zero-order valence-corrected chi connectivity index (χ0v) is 18.7. The van der Waals surface area contributed by atoms with Crippen molar-refractivity contribution in [3.05, 3.63) is 58.7 Å². The van der Waals surface area contributed by atoms with E-state index in [9.17, 15) is 14.4 Å². The molecule has 31 heavy (non-hydrogen) atoms. The average molecular weight is 427 g/mol. The number of hydrogen-bond acceptors (Lipinski definition) is 6. The van der Waals surface area contributed by atoms with Gasteiger partial charge in [-0.15, -0.1) is 0 Å². The lowest BCUT2D eigenvalue weighted by Gasteiger charge is -2.22. The fourth-order valence-corrected chi connectivity index (χ4v) is 3.18. The van der Waals surface area contributed by atoms with E-state index in [0.29, 0.717) is 17.1 Å². The highest BCUT2D eigenvalue weighted by Crippen LogP contribution is 2.24. The van der Waals surface area contributed by atoms with Gasteiger partial charge >= 0.3 is 5.97 Å². The molecule has 0 N–H and O–H groups in total. The number of esters is 1. The molecule has 0 radical (unpaired) electrons. The predicted molar refractivity (Wildman–Crippen MR) is 116 cm³/mol. The Morgan fingerprint density at radius 1 is 0.871 bits per heavy atom. The lowest BCUT2D eigenvalue weighted by Crippen LogP contribution is -2.36. The maximum Gasteiger partial charge on any atom is 0.325 e. The van der Waals surface area contributed by atoms with Gasteiger partial charge in [0.05, 0.1) is 21.3 Å². The van der Waals surface area contributed by atoms with E-state index < -0.39 is 5.97 Å². The lowest BCUT2D eigenvalue weighted by atomic mass is 9.99.